The third kappa shape index (κ3) is 15.7. The van der Waals surface area contributed by atoms with Gasteiger partial charge in [0, 0.05) is 12.8 Å². The van der Waals surface area contributed by atoms with Crippen LogP contribution in [0.25, 0.3) is 0 Å². The maximum atomic E-state index is 11.0. The molecule has 0 aromatic rings. The molecule has 1 N–H and O–H groups in total. The first-order chi connectivity index (χ1) is 6.81. The molecular weight excluding hydrogens is 196 g/mol. The number of rotatable bonds is 4. The van der Waals surface area contributed by atoms with Crippen LogP contribution in [0.15, 0.2) is 0 Å². The van der Waals surface area contributed by atoms with Crippen LogP contribution in [0.2, 0.25) is 0 Å². The van der Waals surface area contributed by atoms with Gasteiger partial charge < -0.3 is 9.84 Å². The molecule has 0 bridgehead atoms. The van der Waals surface area contributed by atoms with Crippen LogP contribution in [0, 0.1) is 0 Å². The van der Waals surface area contributed by atoms with Crippen LogP contribution in [-0.4, -0.2) is 22.6 Å². The Bertz CT molecular complexity index is 191. The smallest absolute Gasteiger partial charge is 0.306 e. The zero-order valence-electron chi connectivity index (χ0n) is 10.3. The van der Waals surface area contributed by atoms with E-state index in [4.69, 9.17) is 9.84 Å². The average Bonchev–Trinajstić information content (AvgIpc) is 2.03. The van der Waals surface area contributed by atoms with Crippen molar-refractivity contribution in [2.24, 2.45) is 0 Å². The predicted octanol–water partition coefficient (Wildman–Crippen LogP) is 2.61. The first kappa shape index (κ1) is 16.4. The van der Waals surface area contributed by atoms with Gasteiger partial charge >= 0.3 is 11.9 Å². The Kier molecular flexibility index (Phi) is 9.02. The van der Waals surface area contributed by atoms with Crippen molar-refractivity contribution in [2.45, 2.75) is 59.5 Å². The summed E-state index contributed by atoms with van der Waals surface area (Å²) in [5, 5.41) is 8.31. The van der Waals surface area contributed by atoms with Crippen molar-refractivity contribution in [2.75, 3.05) is 0 Å². The van der Waals surface area contributed by atoms with E-state index in [2.05, 4.69) is 0 Å². The van der Waals surface area contributed by atoms with Crippen LogP contribution in [0.5, 0.6) is 0 Å². The first-order valence-corrected chi connectivity index (χ1v) is 5.25. The molecule has 15 heavy (non-hydrogen) atoms. The SMILES string of the molecule is CC.CC(C)(C)OC(=O)CCCC(=O)O. The lowest BCUT2D eigenvalue weighted by Gasteiger charge is -2.19. The summed E-state index contributed by atoms with van der Waals surface area (Å²) in [7, 11) is 0. The molecule has 0 atom stereocenters. The fourth-order valence-electron chi connectivity index (χ4n) is 0.776. The van der Waals surface area contributed by atoms with Crippen molar-refractivity contribution in [1.82, 2.24) is 0 Å². The molecule has 90 valence electrons. The number of esters is 1. The fourth-order valence-corrected chi connectivity index (χ4v) is 0.776. The van der Waals surface area contributed by atoms with Crippen molar-refractivity contribution in [1.29, 1.82) is 0 Å². The minimum absolute atomic E-state index is 0.0131. The monoisotopic (exact) mass is 218 g/mol. The maximum Gasteiger partial charge on any atom is 0.306 e. The van der Waals surface area contributed by atoms with Crippen LogP contribution in [0.3, 0.4) is 0 Å². The summed E-state index contributed by atoms with van der Waals surface area (Å²) in [5.74, 6) is -1.22. The third-order valence-electron chi connectivity index (χ3n) is 1.19. The van der Waals surface area contributed by atoms with Gasteiger partial charge in [0.1, 0.15) is 5.60 Å². The van der Waals surface area contributed by atoms with Gasteiger partial charge in [0.2, 0.25) is 0 Å². The number of carboxylic acid groups (broad SMARTS) is 1. The molecule has 4 heteroatoms. The summed E-state index contributed by atoms with van der Waals surface area (Å²) in [4.78, 5) is 21.1. The van der Waals surface area contributed by atoms with Crippen LogP contribution in [0.1, 0.15) is 53.9 Å². The van der Waals surface area contributed by atoms with E-state index in [0.717, 1.165) is 0 Å². The van der Waals surface area contributed by atoms with Gasteiger partial charge in [-0.15, -0.1) is 0 Å². The van der Waals surface area contributed by atoms with Crippen molar-refractivity contribution in [3.05, 3.63) is 0 Å². The molecule has 0 spiro atoms. The highest BCUT2D eigenvalue weighted by molar-refractivity contribution is 5.71. The number of carbonyl (C=O) groups is 2. The molecule has 0 aromatic heterocycles. The summed E-state index contributed by atoms with van der Waals surface area (Å²) >= 11 is 0. The molecule has 0 radical (unpaired) electrons. The molecule has 0 saturated heterocycles. The Morgan fingerprint density at radius 2 is 1.60 bits per heavy atom. The van der Waals surface area contributed by atoms with Crippen molar-refractivity contribution in [3.8, 4) is 0 Å². The maximum absolute atomic E-state index is 11.0. The van der Waals surface area contributed by atoms with Gasteiger partial charge in [0.15, 0.2) is 0 Å². The number of hydrogen-bond donors (Lipinski definition) is 1. The van der Waals surface area contributed by atoms with E-state index in [-0.39, 0.29) is 18.8 Å². The molecule has 0 amide bonds. The van der Waals surface area contributed by atoms with Crippen LogP contribution in [-0.2, 0) is 14.3 Å². The molecule has 4 nitrogen and oxygen atoms in total. The number of carboxylic acids is 1. The molecule has 0 heterocycles. The Morgan fingerprint density at radius 3 is 1.93 bits per heavy atom. The molecule has 0 aliphatic carbocycles. The fraction of sp³-hybridized carbons (Fsp3) is 0.818. The lowest BCUT2D eigenvalue weighted by Crippen LogP contribution is -2.23. The van der Waals surface area contributed by atoms with Gasteiger partial charge in [-0.25, -0.2) is 0 Å². The Balaban J connectivity index is 0. The summed E-state index contributed by atoms with van der Waals surface area (Å²) in [6.45, 7) is 9.34. The summed E-state index contributed by atoms with van der Waals surface area (Å²) in [5.41, 5.74) is -0.486. The molecule has 0 fully saturated rings. The Morgan fingerprint density at radius 1 is 1.13 bits per heavy atom. The second-order valence-corrected chi connectivity index (χ2v) is 3.83. The van der Waals surface area contributed by atoms with E-state index in [9.17, 15) is 9.59 Å². The van der Waals surface area contributed by atoms with E-state index in [1.807, 2.05) is 13.8 Å². The molecule has 0 saturated carbocycles. The normalized spacial score (nSPS) is 9.93. The second kappa shape index (κ2) is 8.26. The van der Waals surface area contributed by atoms with E-state index < -0.39 is 11.6 Å². The molecular formula is C11H22O4. The zero-order valence-corrected chi connectivity index (χ0v) is 10.3. The van der Waals surface area contributed by atoms with E-state index >= 15 is 0 Å². The largest absolute Gasteiger partial charge is 0.481 e. The zero-order chi connectivity index (χ0) is 12.5. The highest BCUT2D eigenvalue weighted by Gasteiger charge is 2.15. The quantitative estimate of drug-likeness (QED) is 0.737. The van der Waals surface area contributed by atoms with Gasteiger partial charge in [-0.05, 0) is 27.2 Å². The number of aliphatic carboxylic acids is 1. The Hall–Kier alpha value is -1.06. The van der Waals surface area contributed by atoms with Crippen LogP contribution < -0.4 is 0 Å². The van der Waals surface area contributed by atoms with E-state index in [1.54, 1.807) is 20.8 Å². The van der Waals surface area contributed by atoms with Crippen molar-refractivity contribution >= 4 is 11.9 Å². The number of hydrogen-bond acceptors (Lipinski definition) is 3. The van der Waals surface area contributed by atoms with Gasteiger partial charge in [-0.3, -0.25) is 9.59 Å². The van der Waals surface area contributed by atoms with E-state index in [0.29, 0.717) is 6.42 Å². The van der Waals surface area contributed by atoms with Gasteiger partial charge in [-0.1, -0.05) is 13.8 Å². The summed E-state index contributed by atoms with van der Waals surface area (Å²) in [6.07, 6.45) is 0.521. The molecule has 0 aliphatic rings. The van der Waals surface area contributed by atoms with Crippen LogP contribution in [0.4, 0.5) is 0 Å². The van der Waals surface area contributed by atoms with Crippen LogP contribution >= 0.6 is 0 Å². The molecule has 0 aliphatic heterocycles. The van der Waals surface area contributed by atoms with Crippen molar-refractivity contribution < 1.29 is 19.4 Å². The topological polar surface area (TPSA) is 63.6 Å². The third-order valence-corrected chi connectivity index (χ3v) is 1.19. The number of carbonyl (C=O) groups excluding carboxylic acids is 1. The lowest BCUT2D eigenvalue weighted by atomic mass is 10.2. The predicted molar refractivity (Wildman–Crippen MR) is 58.7 cm³/mol. The molecule has 0 rings (SSSR count). The minimum Gasteiger partial charge on any atom is -0.481 e. The molecule has 0 unspecified atom stereocenters. The lowest BCUT2D eigenvalue weighted by molar-refractivity contribution is -0.155. The minimum atomic E-state index is -0.886. The summed E-state index contributed by atoms with van der Waals surface area (Å²) < 4.78 is 4.99. The van der Waals surface area contributed by atoms with Gasteiger partial charge in [0.05, 0.1) is 0 Å². The van der Waals surface area contributed by atoms with Gasteiger partial charge in [0.25, 0.3) is 0 Å². The number of ether oxygens (including phenoxy) is 1. The second-order valence-electron chi connectivity index (χ2n) is 3.83. The average molecular weight is 218 g/mol. The van der Waals surface area contributed by atoms with Crippen molar-refractivity contribution in [3.63, 3.8) is 0 Å². The Labute approximate surface area is 91.6 Å². The highest BCUT2D eigenvalue weighted by atomic mass is 16.6. The van der Waals surface area contributed by atoms with Gasteiger partial charge in [-0.2, -0.15) is 0 Å². The molecule has 0 aromatic carbocycles. The first-order valence-electron chi connectivity index (χ1n) is 5.25. The van der Waals surface area contributed by atoms with E-state index in [1.165, 1.54) is 0 Å². The standard InChI is InChI=1S/C9H16O4.C2H6/c1-9(2,3)13-8(12)6-4-5-7(10)11;1-2/h4-6H2,1-3H3,(H,10,11);1-2H3. The highest BCUT2D eigenvalue weighted by Crippen LogP contribution is 2.09. The summed E-state index contributed by atoms with van der Waals surface area (Å²) in [6, 6.07) is 0.